The van der Waals surface area contributed by atoms with Crippen molar-refractivity contribution in [3.8, 4) is 0 Å². The molecule has 0 aromatic carbocycles. The Morgan fingerprint density at radius 3 is 2.75 bits per heavy atom. The molecular formula is C9H15NO2. The molecule has 0 radical (unpaired) electrons. The van der Waals surface area contributed by atoms with Crippen LogP contribution in [0.4, 0.5) is 0 Å². The lowest BCUT2D eigenvalue weighted by atomic mass is 9.55. The van der Waals surface area contributed by atoms with Crippen molar-refractivity contribution < 1.29 is 9.53 Å². The quantitative estimate of drug-likeness (QED) is 0.613. The molecule has 1 unspecified atom stereocenters. The Kier molecular flexibility index (Phi) is 1.83. The van der Waals surface area contributed by atoms with E-state index in [1.807, 2.05) is 0 Å². The molecule has 1 N–H and O–H groups in total. The van der Waals surface area contributed by atoms with Crippen molar-refractivity contribution in [2.75, 3.05) is 20.2 Å². The van der Waals surface area contributed by atoms with Gasteiger partial charge in [0.15, 0.2) is 0 Å². The van der Waals surface area contributed by atoms with Crippen LogP contribution < -0.4 is 5.32 Å². The smallest absolute Gasteiger partial charge is 0.305 e. The van der Waals surface area contributed by atoms with Gasteiger partial charge in [0.25, 0.3) is 0 Å². The number of carbonyl (C=O) groups is 1. The molecule has 0 amide bonds. The summed E-state index contributed by atoms with van der Waals surface area (Å²) in [5.74, 6) is 0.539. The Hall–Kier alpha value is -0.570. The molecule has 1 saturated heterocycles. The van der Waals surface area contributed by atoms with Crippen LogP contribution in [0.1, 0.15) is 19.3 Å². The van der Waals surface area contributed by atoms with E-state index in [0.29, 0.717) is 17.8 Å². The summed E-state index contributed by atoms with van der Waals surface area (Å²) in [5, 5.41) is 3.27. The Labute approximate surface area is 72.5 Å². The van der Waals surface area contributed by atoms with Crippen molar-refractivity contribution in [1.82, 2.24) is 5.32 Å². The summed E-state index contributed by atoms with van der Waals surface area (Å²) in [6, 6.07) is 0. The predicted octanol–water partition coefficient (Wildman–Crippen LogP) is 0.549. The predicted molar refractivity (Wildman–Crippen MR) is 44.7 cm³/mol. The maximum atomic E-state index is 11.0. The van der Waals surface area contributed by atoms with E-state index in [9.17, 15) is 4.79 Å². The summed E-state index contributed by atoms with van der Waals surface area (Å²) >= 11 is 0. The van der Waals surface area contributed by atoms with Gasteiger partial charge in [0, 0.05) is 19.5 Å². The summed E-state index contributed by atoms with van der Waals surface area (Å²) < 4.78 is 4.66. The molecule has 1 aliphatic heterocycles. The molecule has 1 aliphatic carbocycles. The molecule has 2 aliphatic rings. The van der Waals surface area contributed by atoms with E-state index in [1.165, 1.54) is 20.0 Å². The number of rotatable bonds is 2. The lowest BCUT2D eigenvalue weighted by Crippen LogP contribution is -2.62. The van der Waals surface area contributed by atoms with E-state index >= 15 is 0 Å². The van der Waals surface area contributed by atoms with E-state index in [1.54, 1.807) is 0 Å². The third-order valence-corrected chi connectivity index (χ3v) is 3.45. The van der Waals surface area contributed by atoms with Crippen LogP contribution in [0, 0.1) is 11.3 Å². The van der Waals surface area contributed by atoms with E-state index < -0.39 is 0 Å². The first-order valence-electron chi connectivity index (χ1n) is 4.54. The molecule has 1 saturated carbocycles. The summed E-state index contributed by atoms with van der Waals surface area (Å²) in [6.45, 7) is 2.21. The molecule has 12 heavy (non-hydrogen) atoms. The number of carbonyl (C=O) groups excluding carboxylic acids is 1. The lowest BCUT2D eigenvalue weighted by Gasteiger charge is -2.56. The Balaban J connectivity index is 1.85. The minimum absolute atomic E-state index is 0.0500. The third kappa shape index (κ3) is 1.04. The van der Waals surface area contributed by atoms with Gasteiger partial charge in [-0.3, -0.25) is 4.79 Å². The molecule has 0 bridgehead atoms. The van der Waals surface area contributed by atoms with Crippen LogP contribution in [0.5, 0.6) is 0 Å². The number of hydrogen-bond acceptors (Lipinski definition) is 3. The highest BCUT2D eigenvalue weighted by molar-refractivity contribution is 5.69. The van der Waals surface area contributed by atoms with E-state index in [4.69, 9.17) is 0 Å². The van der Waals surface area contributed by atoms with Crippen LogP contribution in [0.25, 0.3) is 0 Å². The SMILES string of the molecule is COC(=O)CC1CCC12CNC2. The van der Waals surface area contributed by atoms with Gasteiger partial charge < -0.3 is 10.1 Å². The largest absolute Gasteiger partial charge is 0.469 e. The number of ether oxygens (including phenoxy) is 1. The number of methoxy groups -OCH3 is 1. The van der Waals surface area contributed by atoms with Gasteiger partial charge in [-0.2, -0.15) is 0 Å². The van der Waals surface area contributed by atoms with Gasteiger partial charge >= 0.3 is 5.97 Å². The summed E-state index contributed by atoms with van der Waals surface area (Å²) in [5.41, 5.74) is 0.480. The fourth-order valence-electron chi connectivity index (χ4n) is 2.27. The molecule has 3 nitrogen and oxygen atoms in total. The molecule has 1 spiro atoms. The van der Waals surface area contributed by atoms with Crippen LogP contribution in [0.2, 0.25) is 0 Å². The fourth-order valence-corrected chi connectivity index (χ4v) is 2.27. The number of hydrogen-bond donors (Lipinski definition) is 1. The highest BCUT2D eigenvalue weighted by Gasteiger charge is 2.51. The standard InChI is InChI=1S/C9H15NO2/c1-12-8(11)4-7-2-3-9(7)5-10-6-9/h7,10H,2-6H2,1H3. The summed E-state index contributed by atoms with van der Waals surface area (Å²) in [7, 11) is 1.46. The topological polar surface area (TPSA) is 38.3 Å². The second-order valence-electron chi connectivity index (χ2n) is 3.98. The van der Waals surface area contributed by atoms with Crippen LogP contribution in [0.3, 0.4) is 0 Å². The van der Waals surface area contributed by atoms with E-state index in [0.717, 1.165) is 13.1 Å². The lowest BCUT2D eigenvalue weighted by molar-refractivity contribution is -0.146. The molecule has 0 aromatic rings. The Bertz CT molecular complexity index is 193. The molecule has 2 rings (SSSR count). The average molecular weight is 169 g/mol. The Morgan fingerprint density at radius 1 is 1.67 bits per heavy atom. The van der Waals surface area contributed by atoms with Crippen LogP contribution in [-0.2, 0) is 9.53 Å². The molecule has 0 aromatic heterocycles. The van der Waals surface area contributed by atoms with Gasteiger partial charge in [0.05, 0.1) is 7.11 Å². The van der Waals surface area contributed by atoms with Gasteiger partial charge in [0.2, 0.25) is 0 Å². The van der Waals surface area contributed by atoms with Gasteiger partial charge in [-0.15, -0.1) is 0 Å². The third-order valence-electron chi connectivity index (χ3n) is 3.45. The second-order valence-corrected chi connectivity index (χ2v) is 3.98. The number of nitrogens with one attached hydrogen (secondary N) is 1. The molecule has 2 fully saturated rings. The van der Waals surface area contributed by atoms with Crippen molar-refractivity contribution in [1.29, 1.82) is 0 Å². The first-order valence-corrected chi connectivity index (χ1v) is 4.54. The zero-order valence-corrected chi connectivity index (χ0v) is 7.43. The van der Waals surface area contributed by atoms with Gasteiger partial charge in [0.1, 0.15) is 0 Å². The van der Waals surface area contributed by atoms with Gasteiger partial charge in [-0.25, -0.2) is 0 Å². The molecule has 1 heterocycles. The van der Waals surface area contributed by atoms with E-state index in [2.05, 4.69) is 10.1 Å². The van der Waals surface area contributed by atoms with Crippen molar-refractivity contribution in [2.24, 2.45) is 11.3 Å². The second kappa shape index (κ2) is 2.73. The highest BCUT2D eigenvalue weighted by Crippen LogP contribution is 2.51. The Morgan fingerprint density at radius 2 is 2.42 bits per heavy atom. The first kappa shape index (κ1) is 8.05. The summed E-state index contributed by atoms with van der Waals surface area (Å²) in [4.78, 5) is 11.0. The van der Waals surface area contributed by atoms with Crippen molar-refractivity contribution in [2.45, 2.75) is 19.3 Å². The molecule has 68 valence electrons. The van der Waals surface area contributed by atoms with Crippen molar-refractivity contribution in [3.63, 3.8) is 0 Å². The minimum atomic E-state index is -0.0500. The highest BCUT2D eigenvalue weighted by atomic mass is 16.5. The maximum Gasteiger partial charge on any atom is 0.305 e. The van der Waals surface area contributed by atoms with Crippen molar-refractivity contribution >= 4 is 5.97 Å². The van der Waals surface area contributed by atoms with Crippen molar-refractivity contribution in [3.05, 3.63) is 0 Å². The normalized spacial score (nSPS) is 30.6. The van der Waals surface area contributed by atoms with Crippen LogP contribution in [-0.4, -0.2) is 26.2 Å². The average Bonchev–Trinajstić information content (AvgIpc) is 1.94. The van der Waals surface area contributed by atoms with Crippen LogP contribution in [0.15, 0.2) is 0 Å². The zero-order valence-electron chi connectivity index (χ0n) is 7.43. The monoisotopic (exact) mass is 169 g/mol. The zero-order chi connectivity index (χ0) is 8.60. The number of esters is 1. The molecule has 1 atom stereocenters. The van der Waals surface area contributed by atoms with E-state index in [-0.39, 0.29) is 5.97 Å². The molecule has 3 heteroatoms. The van der Waals surface area contributed by atoms with Gasteiger partial charge in [-0.1, -0.05) is 0 Å². The molecular weight excluding hydrogens is 154 g/mol. The fraction of sp³-hybridized carbons (Fsp3) is 0.889. The maximum absolute atomic E-state index is 11.0. The van der Waals surface area contributed by atoms with Gasteiger partial charge in [-0.05, 0) is 24.2 Å². The first-order chi connectivity index (χ1) is 5.77. The minimum Gasteiger partial charge on any atom is -0.469 e. The van der Waals surface area contributed by atoms with Crippen LogP contribution >= 0.6 is 0 Å². The summed E-state index contributed by atoms with van der Waals surface area (Å²) in [6.07, 6.45) is 3.12.